The molecule has 0 saturated heterocycles. The molecule has 3 aromatic rings. The Morgan fingerprint density at radius 3 is 2.39 bits per heavy atom. The van der Waals surface area contributed by atoms with Crippen LogP contribution in [0, 0.1) is 5.92 Å². The molecule has 3 atom stereocenters. The molecule has 2 aliphatic rings. The van der Waals surface area contributed by atoms with Gasteiger partial charge in [-0.25, -0.2) is 4.79 Å². The van der Waals surface area contributed by atoms with Gasteiger partial charge in [0.2, 0.25) is 0 Å². The maximum atomic E-state index is 13.0. The summed E-state index contributed by atoms with van der Waals surface area (Å²) in [6, 6.07) is 21.8. The van der Waals surface area contributed by atoms with Crippen molar-refractivity contribution in [2.75, 3.05) is 5.32 Å². The maximum Gasteiger partial charge on any atom is 0.345 e. The lowest BCUT2D eigenvalue weighted by molar-refractivity contribution is -0.308. The number of hydrogen-bond acceptors (Lipinski definition) is 5. The number of esters is 1. The molecule has 5 rings (SSSR count). The lowest BCUT2D eigenvalue weighted by Crippen LogP contribution is -2.49. The number of carbonyl (C=O) groups excluding carboxylic acids is 2. The van der Waals surface area contributed by atoms with Crippen LogP contribution in [0.3, 0.4) is 0 Å². The summed E-state index contributed by atoms with van der Waals surface area (Å²) < 4.78 is 5.60. The minimum atomic E-state index is -1.16. The third-order valence-electron chi connectivity index (χ3n) is 6.04. The quantitative estimate of drug-likeness (QED) is 0.402. The first-order chi connectivity index (χ1) is 15.1. The highest BCUT2D eigenvalue weighted by Gasteiger charge is 2.39. The third-order valence-corrected chi connectivity index (χ3v) is 6.04. The van der Waals surface area contributed by atoms with E-state index in [1.807, 2.05) is 60.7 Å². The number of para-hydroxylation sites is 1. The summed E-state index contributed by atoms with van der Waals surface area (Å²) in [5.41, 5.74) is 3.83. The van der Waals surface area contributed by atoms with E-state index in [4.69, 9.17) is 4.74 Å². The SMILES string of the molecule is O=C(Oc1ccc(-c2ccccc2)cc1)c1cccc2c1N[C@H](C(=O)[O-])[C@H]1CC=C[C@H]21. The minimum absolute atomic E-state index is 0.0583. The topological polar surface area (TPSA) is 78.5 Å². The number of anilines is 1. The van der Waals surface area contributed by atoms with E-state index >= 15 is 0 Å². The lowest BCUT2D eigenvalue weighted by Gasteiger charge is -2.38. The van der Waals surface area contributed by atoms with Crippen LogP contribution in [0.1, 0.15) is 28.3 Å². The second-order valence-corrected chi connectivity index (χ2v) is 7.84. The number of carboxylic acids is 1. The average molecular weight is 410 g/mol. The molecule has 0 bridgehead atoms. The van der Waals surface area contributed by atoms with Crippen molar-refractivity contribution < 1.29 is 19.4 Å². The molecule has 0 spiro atoms. The van der Waals surface area contributed by atoms with Gasteiger partial charge in [-0.05, 0) is 47.2 Å². The first-order valence-corrected chi connectivity index (χ1v) is 10.3. The highest BCUT2D eigenvalue weighted by molar-refractivity contribution is 5.99. The molecule has 5 nitrogen and oxygen atoms in total. The summed E-state index contributed by atoms with van der Waals surface area (Å²) in [7, 11) is 0. The van der Waals surface area contributed by atoms with Crippen LogP contribution >= 0.6 is 0 Å². The van der Waals surface area contributed by atoms with Crippen LogP contribution < -0.4 is 15.2 Å². The summed E-state index contributed by atoms with van der Waals surface area (Å²) >= 11 is 0. The van der Waals surface area contributed by atoms with Gasteiger partial charge in [-0.15, -0.1) is 0 Å². The van der Waals surface area contributed by atoms with Gasteiger partial charge in [0.25, 0.3) is 0 Å². The summed E-state index contributed by atoms with van der Waals surface area (Å²) in [6.07, 6.45) is 4.66. The number of ether oxygens (including phenoxy) is 1. The number of aliphatic carboxylic acids is 1. The molecule has 0 saturated carbocycles. The van der Waals surface area contributed by atoms with Gasteiger partial charge in [0.05, 0.1) is 23.3 Å². The van der Waals surface area contributed by atoms with E-state index in [2.05, 4.69) is 5.32 Å². The fraction of sp³-hybridized carbons (Fsp3) is 0.154. The van der Waals surface area contributed by atoms with Crippen molar-refractivity contribution in [3.05, 3.63) is 96.1 Å². The molecule has 0 unspecified atom stereocenters. The number of hydrogen-bond donors (Lipinski definition) is 1. The van der Waals surface area contributed by atoms with Gasteiger partial charge in [0.15, 0.2) is 0 Å². The third kappa shape index (κ3) is 3.48. The second kappa shape index (κ2) is 7.76. The van der Waals surface area contributed by atoms with E-state index < -0.39 is 18.0 Å². The highest BCUT2D eigenvalue weighted by Crippen LogP contribution is 2.45. The Kier molecular flexibility index (Phi) is 4.79. The van der Waals surface area contributed by atoms with Crippen LogP contribution in [0.2, 0.25) is 0 Å². The van der Waals surface area contributed by atoms with Crippen LogP contribution in [0.4, 0.5) is 5.69 Å². The molecule has 1 aliphatic heterocycles. The molecule has 3 aromatic carbocycles. The Bertz CT molecular complexity index is 1170. The van der Waals surface area contributed by atoms with Crippen LogP contribution in [0.15, 0.2) is 84.9 Å². The van der Waals surface area contributed by atoms with Crippen molar-refractivity contribution >= 4 is 17.6 Å². The number of carbonyl (C=O) groups is 2. The van der Waals surface area contributed by atoms with Crippen molar-refractivity contribution in [3.63, 3.8) is 0 Å². The Hall–Kier alpha value is -3.86. The Labute approximate surface area is 180 Å². The van der Waals surface area contributed by atoms with Gasteiger partial charge in [-0.3, -0.25) is 0 Å². The van der Waals surface area contributed by atoms with E-state index in [0.29, 0.717) is 23.4 Å². The zero-order valence-electron chi connectivity index (χ0n) is 16.7. The number of carboxylic acid groups (broad SMARTS) is 1. The van der Waals surface area contributed by atoms with E-state index in [0.717, 1.165) is 16.7 Å². The lowest BCUT2D eigenvalue weighted by atomic mass is 9.78. The average Bonchev–Trinajstić information content (AvgIpc) is 3.29. The predicted molar refractivity (Wildman–Crippen MR) is 116 cm³/mol. The number of fused-ring (bicyclic) bond motifs is 3. The maximum absolute atomic E-state index is 13.0. The zero-order valence-corrected chi connectivity index (χ0v) is 16.7. The summed E-state index contributed by atoms with van der Waals surface area (Å²) in [6.45, 7) is 0. The normalized spacial score (nSPS) is 21.0. The molecular weight excluding hydrogens is 390 g/mol. The standard InChI is InChI=1S/C26H21NO4/c28-25(29)24-21-10-4-8-19(21)20-9-5-11-22(23(20)27-24)26(30)31-18-14-12-17(13-15-18)16-6-2-1-3-7-16/h1-9,11-15,19,21,24,27H,10H2,(H,28,29)/p-1/t19-,21+,24+/m1/s1. The van der Waals surface area contributed by atoms with Crippen molar-refractivity contribution in [2.24, 2.45) is 5.92 Å². The van der Waals surface area contributed by atoms with Gasteiger partial charge in [0, 0.05) is 5.92 Å². The predicted octanol–water partition coefficient (Wildman–Crippen LogP) is 3.78. The zero-order chi connectivity index (χ0) is 21.4. The number of nitrogens with one attached hydrogen (secondary N) is 1. The van der Waals surface area contributed by atoms with Gasteiger partial charge < -0.3 is 20.0 Å². The fourth-order valence-corrected chi connectivity index (χ4v) is 4.53. The van der Waals surface area contributed by atoms with E-state index in [1.54, 1.807) is 24.3 Å². The summed E-state index contributed by atoms with van der Waals surface area (Å²) in [5.74, 6) is -1.45. The van der Waals surface area contributed by atoms with Crippen molar-refractivity contribution in [2.45, 2.75) is 18.4 Å². The Balaban J connectivity index is 1.41. The molecule has 0 amide bonds. The van der Waals surface area contributed by atoms with Crippen LogP contribution in [0.5, 0.6) is 5.75 Å². The van der Waals surface area contributed by atoms with E-state index in [1.165, 1.54) is 0 Å². The molecule has 0 radical (unpaired) electrons. The smallest absolute Gasteiger partial charge is 0.345 e. The van der Waals surface area contributed by atoms with E-state index in [-0.39, 0.29) is 11.8 Å². The molecular formula is C26H20NO4-. The highest BCUT2D eigenvalue weighted by atomic mass is 16.5. The van der Waals surface area contributed by atoms with Gasteiger partial charge >= 0.3 is 5.97 Å². The molecule has 0 fully saturated rings. The molecule has 1 aliphatic carbocycles. The number of rotatable bonds is 4. The number of allylic oxidation sites excluding steroid dienone is 2. The van der Waals surface area contributed by atoms with Crippen LogP contribution in [-0.2, 0) is 4.79 Å². The fourth-order valence-electron chi connectivity index (χ4n) is 4.53. The summed E-state index contributed by atoms with van der Waals surface area (Å²) in [5, 5.41) is 14.7. The van der Waals surface area contributed by atoms with Crippen LogP contribution in [-0.4, -0.2) is 18.0 Å². The molecule has 1 heterocycles. The Morgan fingerprint density at radius 1 is 0.903 bits per heavy atom. The summed E-state index contributed by atoms with van der Waals surface area (Å²) in [4.78, 5) is 24.7. The largest absolute Gasteiger partial charge is 0.548 e. The molecule has 31 heavy (non-hydrogen) atoms. The molecule has 5 heteroatoms. The van der Waals surface area contributed by atoms with Crippen LogP contribution in [0.25, 0.3) is 11.1 Å². The van der Waals surface area contributed by atoms with Crippen molar-refractivity contribution in [3.8, 4) is 16.9 Å². The van der Waals surface area contributed by atoms with E-state index in [9.17, 15) is 14.7 Å². The van der Waals surface area contributed by atoms with Gasteiger partial charge in [-0.2, -0.15) is 0 Å². The number of benzene rings is 3. The molecule has 0 aromatic heterocycles. The van der Waals surface area contributed by atoms with Gasteiger partial charge in [-0.1, -0.05) is 66.7 Å². The van der Waals surface area contributed by atoms with Crippen molar-refractivity contribution in [1.29, 1.82) is 0 Å². The molecule has 1 N–H and O–H groups in total. The monoisotopic (exact) mass is 410 g/mol. The van der Waals surface area contributed by atoms with Gasteiger partial charge in [0.1, 0.15) is 5.75 Å². The Morgan fingerprint density at radius 2 is 1.65 bits per heavy atom. The first kappa shape index (κ1) is 19.1. The second-order valence-electron chi connectivity index (χ2n) is 7.84. The first-order valence-electron chi connectivity index (χ1n) is 10.3. The minimum Gasteiger partial charge on any atom is -0.548 e. The van der Waals surface area contributed by atoms with Crippen molar-refractivity contribution in [1.82, 2.24) is 0 Å². The molecule has 154 valence electrons.